The minimum atomic E-state index is -0.249. The Hall–Kier alpha value is -2.41. The highest BCUT2D eigenvalue weighted by Crippen LogP contribution is 2.26. The first-order chi connectivity index (χ1) is 12.0. The first-order valence-corrected chi connectivity index (χ1v) is 9.28. The lowest BCUT2D eigenvalue weighted by Crippen LogP contribution is -2.31. The van der Waals surface area contributed by atoms with E-state index in [0.29, 0.717) is 19.4 Å². The normalized spacial score (nSPS) is 14.0. The molecule has 1 aromatic heterocycles. The third kappa shape index (κ3) is 4.36. The average Bonchev–Trinajstić information content (AvgIpc) is 3.18. The molecule has 2 N–H and O–H groups in total. The van der Waals surface area contributed by atoms with Gasteiger partial charge in [-0.25, -0.2) is 9.78 Å². The minimum absolute atomic E-state index is 0.137. The molecule has 0 unspecified atom stereocenters. The smallest absolute Gasteiger partial charge is 0.319 e. The van der Waals surface area contributed by atoms with Gasteiger partial charge in [0.15, 0.2) is 0 Å². The molecule has 1 aliphatic rings. The van der Waals surface area contributed by atoms with Crippen molar-refractivity contribution in [1.82, 2.24) is 10.3 Å². The van der Waals surface area contributed by atoms with Crippen LogP contribution >= 0.6 is 11.3 Å². The number of anilines is 2. The predicted molar refractivity (Wildman–Crippen MR) is 100 cm³/mol. The van der Waals surface area contributed by atoms with Gasteiger partial charge in [0, 0.05) is 48.4 Å². The molecular formula is C18H22N4O2S. The number of benzene rings is 1. The highest BCUT2D eigenvalue weighted by Gasteiger charge is 2.22. The second kappa shape index (κ2) is 7.65. The number of rotatable bonds is 5. The van der Waals surface area contributed by atoms with Gasteiger partial charge in [-0.15, -0.1) is 11.3 Å². The molecule has 2 heterocycles. The molecular weight excluding hydrogens is 336 g/mol. The van der Waals surface area contributed by atoms with Gasteiger partial charge < -0.3 is 15.5 Å². The third-order valence-corrected chi connectivity index (χ3v) is 5.17. The SMILES string of the molecule is Cc1csc(CCNC(=O)Nc2cc(N3CCCC3=O)ccc2C)n1. The van der Waals surface area contributed by atoms with Crippen molar-refractivity contribution in [3.05, 3.63) is 39.8 Å². The summed E-state index contributed by atoms with van der Waals surface area (Å²) in [5.41, 5.74) is 3.52. The van der Waals surface area contributed by atoms with Crippen molar-refractivity contribution in [3.63, 3.8) is 0 Å². The molecule has 0 aliphatic carbocycles. The van der Waals surface area contributed by atoms with Gasteiger partial charge >= 0.3 is 6.03 Å². The zero-order valence-corrected chi connectivity index (χ0v) is 15.3. The van der Waals surface area contributed by atoms with Gasteiger partial charge in [-0.2, -0.15) is 0 Å². The predicted octanol–water partition coefficient (Wildman–Crippen LogP) is 3.25. The Bertz CT molecular complexity index is 787. The van der Waals surface area contributed by atoms with Gasteiger partial charge in [0.25, 0.3) is 0 Å². The molecule has 1 aromatic carbocycles. The molecule has 3 rings (SSSR count). The van der Waals surface area contributed by atoms with E-state index in [-0.39, 0.29) is 11.9 Å². The van der Waals surface area contributed by atoms with Crippen LogP contribution in [0.2, 0.25) is 0 Å². The maximum Gasteiger partial charge on any atom is 0.319 e. The number of carbonyl (C=O) groups is 2. The van der Waals surface area contributed by atoms with Crippen molar-refractivity contribution < 1.29 is 9.59 Å². The van der Waals surface area contributed by atoms with Gasteiger partial charge in [-0.1, -0.05) is 6.07 Å². The zero-order valence-electron chi connectivity index (χ0n) is 14.5. The lowest BCUT2D eigenvalue weighted by atomic mass is 10.1. The number of hydrogen-bond donors (Lipinski definition) is 2. The molecule has 25 heavy (non-hydrogen) atoms. The molecule has 0 spiro atoms. The van der Waals surface area contributed by atoms with Gasteiger partial charge in [-0.3, -0.25) is 4.79 Å². The Kier molecular flexibility index (Phi) is 5.33. The standard InChI is InChI=1S/C18H22N4O2S/c1-12-5-6-14(22-9-3-4-17(22)23)10-15(12)21-18(24)19-8-7-16-20-13(2)11-25-16/h5-6,10-11H,3-4,7-9H2,1-2H3,(H2,19,21,24). The largest absolute Gasteiger partial charge is 0.337 e. The summed E-state index contributed by atoms with van der Waals surface area (Å²) in [6.07, 6.45) is 2.19. The van der Waals surface area contributed by atoms with E-state index >= 15 is 0 Å². The van der Waals surface area contributed by atoms with E-state index in [4.69, 9.17) is 0 Å². The second-order valence-corrected chi connectivity index (χ2v) is 7.10. The monoisotopic (exact) mass is 358 g/mol. The molecule has 1 saturated heterocycles. The maximum atomic E-state index is 12.1. The van der Waals surface area contributed by atoms with Crippen LogP contribution in [0, 0.1) is 13.8 Å². The van der Waals surface area contributed by atoms with Crippen LogP contribution in [0.4, 0.5) is 16.2 Å². The molecule has 0 bridgehead atoms. The molecule has 3 amide bonds. The highest BCUT2D eigenvalue weighted by molar-refractivity contribution is 7.09. The minimum Gasteiger partial charge on any atom is -0.337 e. The van der Waals surface area contributed by atoms with Crippen molar-refractivity contribution in [3.8, 4) is 0 Å². The fraction of sp³-hybridized carbons (Fsp3) is 0.389. The fourth-order valence-electron chi connectivity index (χ4n) is 2.80. The molecule has 0 radical (unpaired) electrons. The van der Waals surface area contributed by atoms with Crippen molar-refractivity contribution >= 4 is 34.6 Å². The van der Waals surface area contributed by atoms with E-state index in [9.17, 15) is 9.59 Å². The first-order valence-electron chi connectivity index (χ1n) is 8.40. The van der Waals surface area contributed by atoms with Gasteiger partial charge in [-0.05, 0) is 38.0 Å². The van der Waals surface area contributed by atoms with Crippen LogP contribution in [0.15, 0.2) is 23.6 Å². The summed E-state index contributed by atoms with van der Waals surface area (Å²) in [4.78, 5) is 30.2. The molecule has 2 aromatic rings. The topological polar surface area (TPSA) is 74.3 Å². The Morgan fingerprint density at radius 3 is 2.88 bits per heavy atom. The van der Waals surface area contributed by atoms with Crippen molar-refractivity contribution in [1.29, 1.82) is 0 Å². The summed E-state index contributed by atoms with van der Waals surface area (Å²) >= 11 is 1.60. The van der Waals surface area contributed by atoms with E-state index < -0.39 is 0 Å². The van der Waals surface area contributed by atoms with Crippen molar-refractivity contribution in [2.24, 2.45) is 0 Å². The van der Waals surface area contributed by atoms with Crippen molar-refractivity contribution in [2.45, 2.75) is 33.1 Å². The number of hydrogen-bond acceptors (Lipinski definition) is 4. The number of nitrogens with one attached hydrogen (secondary N) is 2. The van der Waals surface area contributed by atoms with E-state index in [1.807, 2.05) is 37.4 Å². The summed E-state index contributed by atoms with van der Waals surface area (Å²) in [6, 6.07) is 5.46. The Balaban J connectivity index is 1.57. The summed E-state index contributed by atoms with van der Waals surface area (Å²) in [6.45, 7) is 5.16. The van der Waals surface area contributed by atoms with Crippen LogP contribution in [0.25, 0.3) is 0 Å². The van der Waals surface area contributed by atoms with Crippen LogP contribution in [-0.2, 0) is 11.2 Å². The number of thiazole rings is 1. The van der Waals surface area contributed by atoms with Gasteiger partial charge in [0.2, 0.25) is 5.91 Å². The number of nitrogens with zero attached hydrogens (tertiary/aromatic N) is 2. The second-order valence-electron chi connectivity index (χ2n) is 6.16. The number of urea groups is 1. The van der Waals surface area contributed by atoms with Crippen LogP contribution in [0.5, 0.6) is 0 Å². The summed E-state index contributed by atoms with van der Waals surface area (Å²) in [5, 5.41) is 8.75. The number of aryl methyl sites for hydroxylation is 2. The highest BCUT2D eigenvalue weighted by atomic mass is 32.1. The Morgan fingerprint density at radius 2 is 2.20 bits per heavy atom. The molecule has 1 fully saturated rings. The van der Waals surface area contributed by atoms with Crippen LogP contribution in [0.1, 0.15) is 29.1 Å². The van der Waals surface area contributed by atoms with Gasteiger partial charge in [0.05, 0.1) is 5.01 Å². The number of carbonyl (C=O) groups excluding carboxylic acids is 2. The van der Waals surface area contributed by atoms with Crippen LogP contribution in [-0.4, -0.2) is 30.0 Å². The molecule has 0 saturated carbocycles. The summed E-state index contributed by atoms with van der Waals surface area (Å²) in [5.74, 6) is 0.137. The van der Waals surface area contributed by atoms with Gasteiger partial charge in [0.1, 0.15) is 0 Å². The molecule has 7 heteroatoms. The molecule has 132 valence electrons. The lowest BCUT2D eigenvalue weighted by molar-refractivity contribution is -0.117. The fourth-order valence-corrected chi connectivity index (χ4v) is 3.58. The first kappa shape index (κ1) is 17.4. The Labute approximate surface area is 151 Å². The van der Waals surface area contributed by atoms with Crippen LogP contribution < -0.4 is 15.5 Å². The van der Waals surface area contributed by atoms with E-state index in [0.717, 1.165) is 40.6 Å². The number of aromatic nitrogens is 1. The molecule has 6 nitrogen and oxygen atoms in total. The number of amides is 3. The lowest BCUT2D eigenvalue weighted by Gasteiger charge is -2.18. The van der Waals surface area contributed by atoms with E-state index in [1.54, 1.807) is 16.2 Å². The average molecular weight is 358 g/mol. The molecule has 0 atom stereocenters. The summed E-state index contributed by atoms with van der Waals surface area (Å²) < 4.78 is 0. The third-order valence-electron chi connectivity index (χ3n) is 4.15. The summed E-state index contributed by atoms with van der Waals surface area (Å²) in [7, 11) is 0. The zero-order chi connectivity index (χ0) is 17.8. The van der Waals surface area contributed by atoms with Crippen molar-refractivity contribution in [2.75, 3.05) is 23.3 Å². The van der Waals surface area contributed by atoms with Crippen LogP contribution in [0.3, 0.4) is 0 Å². The quantitative estimate of drug-likeness (QED) is 0.861. The maximum absolute atomic E-state index is 12.1. The Morgan fingerprint density at radius 1 is 1.36 bits per heavy atom. The molecule has 1 aliphatic heterocycles. The van der Waals surface area contributed by atoms with E-state index in [2.05, 4.69) is 15.6 Å². The van der Waals surface area contributed by atoms with E-state index in [1.165, 1.54) is 0 Å².